The van der Waals surface area contributed by atoms with E-state index in [2.05, 4.69) is 50.4 Å². The Kier molecular flexibility index (Phi) is 6.97. The zero-order valence-corrected chi connectivity index (χ0v) is 17.7. The number of benzene rings is 1. The molecule has 1 amide bonds. The number of amides is 1. The van der Waals surface area contributed by atoms with E-state index in [1.54, 1.807) is 0 Å². The van der Waals surface area contributed by atoms with Gasteiger partial charge in [0.2, 0.25) is 5.91 Å². The Morgan fingerprint density at radius 1 is 1.15 bits per heavy atom. The van der Waals surface area contributed by atoms with Gasteiger partial charge in [0.15, 0.2) is 0 Å². The van der Waals surface area contributed by atoms with Crippen molar-refractivity contribution in [3.8, 4) is 0 Å². The molecule has 0 spiro atoms. The van der Waals surface area contributed by atoms with Crippen LogP contribution < -0.4 is 10.2 Å². The van der Waals surface area contributed by atoms with Crippen molar-refractivity contribution in [1.29, 1.82) is 0 Å². The molecule has 1 aliphatic heterocycles. The van der Waals surface area contributed by atoms with Gasteiger partial charge >= 0.3 is 0 Å². The molecule has 1 aromatic rings. The zero-order chi connectivity index (χ0) is 19.4. The maximum atomic E-state index is 12.5. The van der Waals surface area contributed by atoms with Crippen molar-refractivity contribution >= 4 is 11.6 Å². The minimum atomic E-state index is 0.235. The number of hydrogen-bond acceptors (Lipinski definition) is 2. The lowest BCUT2D eigenvalue weighted by Crippen LogP contribution is -2.47. The van der Waals surface area contributed by atoms with E-state index in [1.165, 1.54) is 44.1 Å². The number of nitrogens with zero attached hydrogens (tertiary/aromatic N) is 1. The zero-order valence-electron chi connectivity index (χ0n) is 17.7. The van der Waals surface area contributed by atoms with E-state index >= 15 is 0 Å². The van der Waals surface area contributed by atoms with Gasteiger partial charge < -0.3 is 10.2 Å². The van der Waals surface area contributed by atoms with Crippen molar-refractivity contribution in [1.82, 2.24) is 5.32 Å². The number of fused-ring (bicyclic) bond motifs is 1. The molecule has 2 unspecified atom stereocenters. The Labute approximate surface area is 165 Å². The topological polar surface area (TPSA) is 32.3 Å². The maximum absolute atomic E-state index is 12.5. The molecule has 1 aliphatic carbocycles. The van der Waals surface area contributed by atoms with Crippen molar-refractivity contribution in [2.24, 2.45) is 11.8 Å². The minimum Gasteiger partial charge on any atom is -0.309 e. The van der Waals surface area contributed by atoms with Crippen LogP contribution in [0.25, 0.3) is 0 Å². The van der Waals surface area contributed by atoms with Crippen molar-refractivity contribution < 1.29 is 4.79 Å². The highest BCUT2D eigenvalue weighted by Gasteiger charge is 2.33. The average Bonchev–Trinajstić information content (AvgIpc) is 2.63. The number of carbonyl (C=O) groups excluding carboxylic acids is 1. The average molecular weight is 371 g/mol. The van der Waals surface area contributed by atoms with Gasteiger partial charge in [-0.15, -0.1) is 0 Å². The number of rotatable bonds is 4. The van der Waals surface area contributed by atoms with Crippen molar-refractivity contribution in [3.63, 3.8) is 0 Å². The van der Waals surface area contributed by atoms with Gasteiger partial charge in [-0.25, -0.2) is 0 Å². The monoisotopic (exact) mass is 370 g/mol. The highest BCUT2D eigenvalue weighted by molar-refractivity contribution is 5.95. The third-order valence-corrected chi connectivity index (χ3v) is 6.80. The highest BCUT2D eigenvalue weighted by Crippen LogP contribution is 2.38. The molecule has 1 saturated carbocycles. The van der Waals surface area contributed by atoms with E-state index in [1.807, 2.05) is 11.8 Å². The second-order valence-corrected chi connectivity index (χ2v) is 9.04. The predicted octanol–water partition coefficient (Wildman–Crippen LogP) is 5.85. The third-order valence-electron chi connectivity index (χ3n) is 6.80. The minimum absolute atomic E-state index is 0.235. The summed E-state index contributed by atoms with van der Waals surface area (Å²) >= 11 is 0. The van der Waals surface area contributed by atoms with Crippen molar-refractivity contribution in [3.05, 3.63) is 29.8 Å². The Balaban J connectivity index is 1.71. The number of para-hydroxylation sites is 1. The molecule has 1 aromatic carbocycles. The van der Waals surface area contributed by atoms with E-state index in [4.69, 9.17) is 0 Å². The fraction of sp³-hybridized carbons (Fsp3) is 0.708. The van der Waals surface area contributed by atoms with E-state index in [9.17, 15) is 4.79 Å². The lowest BCUT2D eigenvalue weighted by Gasteiger charge is -2.41. The van der Waals surface area contributed by atoms with Gasteiger partial charge in [0, 0.05) is 30.2 Å². The molecule has 3 nitrogen and oxygen atoms in total. The predicted molar refractivity (Wildman–Crippen MR) is 114 cm³/mol. The smallest absolute Gasteiger partial charge is 0.226 e. The van der Waals surface area contributed by atoms with Gasteiger partial charge in [-0.3, -0.25) is 4.79 Å². The Hall–Kier alpha value is -1.35. The van der Waals surface area contributed by atoms with Crippen LogP contribution in [0.1, 0.15) is 90.7 Å². The molecule has 0 bridgehead atoms. The van der Waals surface area contributed by atoms with Crippen molar-refractivity contribution in [2.45, 2.75) is 97.2 Å². The molecular weight excluding hydrogens is 332 g/mol. The first kappa shape index (κ1) is 20.4. The van der Waals surface area contributed by atoms with Crippen LogP contribution >= 0.6 is 0 Å². The SMILES string of the molecule is CCC(=O)N1c2ccccc2C(NC2CCCC(C(C)C)CCC2)CC1C. The lowest BCUT2D eigenvalue weighted by molar-refractivity contribution is -0.118. The summed E-state index contributed by atoms with van der Waals surface area (Å²) in [6.45, 7) is 8.92. The molecule has 0 aromatic heterocycles. The molecular formula is C24H38N2O. The van der Waals surface area contributed by atoms with Crippen LogP contribution in [0.15, 0.2) is 24.3 Å². The highest BCUT2D eigenvalue weighted by atomic mass is 16.2. The number of nitrogens with one attached hydrogen (secondary N) is 1. The first-order valence-electron chi connectivity index (χ1n) is 11.2. The molecule has 1 fully saturated rings. The van der Waals surface area contributed by atoms with Gasteiger partial charge in [0.1, 0.15) is 0 Å². The summed E-state index contributed by atoms with van der Waals surface area (Å²) in [7, 11) is 0. The molecule has 3 rings (SSSR count). The second kappa shape index (κ2) is 9.23. The summed E-state index contributed by atoms with van der Waals surface area (Å²) in [6, 6.07) is 9.74. The summed E-state index contributed by atoms with van der Waals surface area (Å²) in [4.78, 5) is 14.5. The van der Waals surface area contributed by atoms with E-state index in [0.29, 0.717) is 18.5 Å². The van der Waals surface area contributed by atoms with Crippen LogP contribution in [0, 0.1) is 11.8 Å². The van der Waals surface area contributed by atoms with E-state index < -0.39 is 0 Å². The normalized spacial score (nSPS) is 29.1. The maximum Gasteiger partial charge on any atom is 0.226 e. The molecule has 2 aliphatic rings. The van der Waals surface area contributed by atoms with Crippen LogP contribution in [-0.4, -0.2) is 18.0 Å². The largest absolute Gasteiger partial charge is 0.309 e. The number of carbonyl (C=O) groups is 1. The van der Waals surface area contributed by atoms with Gasteiger partial charge in [-0.2, -0.15) is 0 Å². The summed E-state index contributed by atoms with van der Waals surface area (Å²) in [5, 5.41) is 4.00. The molecule has 1 heterocycles. The first-order chi connectivity index (χ1) is 13.0. The molecule has 0 saturated heterocycles. The van der Waals surface area contributed by atoms with Gasteiger partial charge in [0.25, 0.3) is 0 Å². The molecule has 27 heavy (non-hydrogen) atoms. The van der Waals surface area contributed by atoms with Crippen LogP contribution in [0.3, 0.4) is 0 Å². The van der Waals surface area contributed by atoms with E-state index in [0.717, 1.165) is 23.9 Å². The van der Waals surface area contributed by atoms with Crippen LogP contribution in [0.5, 0.6) is 0 Å². The van der Waals surface area contributed by atoms with Crippen LogP contribution in [0.2, 0.25) is 0 Å². The first-order valence-corrected chi connectivity index (χ1v) is 11.2. The molecule has 150 valence electrons. The Morgan fingerprint density at radius 3 is 2.44 bits per heavy atom. The van der Waals surface area contributed by atoms with Crippen LogP contribution in [0.4, 0.5) is 5.69 Å². The Morgan fingerprint density at radius 2 is 1.81 bits per heavy atom. The fourth-order valence-corrected chi connectivity index (χ4v) is 5.18. The fourth-order valence-electron chi connectivity index (χ4n) is 5.18. The molecule has 1 N–H and O–H groups in total. The molecule has 2 atom stereocenters. The van der Waals surface area contributed by atoms with Gasteiger partial charge in [-0.1, -0.05) is 64.7 Å². The van der Waals surface area contributed by atoms with Gasteiger partial charge in [-0.05, 0) is 49.7 Å². The quantitative estimate of drug-likeness (QED) is 0.721. The van der Waals surface area contributed by atoms with Crippen LogP contribution in [-0.2, 0) is 4.79 Å². The van der Waals surface area contributed by atoms with Gasteiger partial charge in [0.05, 0.1) is 0 Å². The van der Waals surface area contributed by atoms with E-state index in [-0.39, 0.29) is 11.9 Å². The summed E-state index contributed by atoms with van der Waals surface area (Å²) < 4.78 is 0. The number of hydrogen-bond donors (Lipinski definition) is 1. The summed E-state index contributed by atoms with van der Waals surface area (Å²) in [5.41, 5.74) is 2.42. The van der Waals surface area contributed by atoms with Crippen molar-refractivity contribution in [2.75, 3.05) is 4.90 Å². The molecule has 0 radical (unpaired) electrons. The number of anilines is 1. The second-order valence-electron chi connectivity index (χ2n) is 9.04. The lowest BCUT2D eigenvalue weighted by atomic mass is 9.82. The third kappa shape index (κ3) is 4.74. The standard InChI is InChI=1S/C24H38N2O/c1-5-24(27)26-18(4)16-22(21-14-6-7-15-23(21)26)25-20-12-8-10-19(17(2)3)11-9-13-20/h6-7,14-15,17-20,22,25H,5,8-13,16H2,1-4H3. The summed E-state index contributed by atoms with van der Waals surface area (Å²) in [5.74, 6) is 1.97. The Bertz CT molecular complexity index is 617. The molecule has 3 heteroatoms. The summed E-state index contributed by atoms with van der Waals surface area (Å²) in [6.07, 6.45) is 9.58.